The first kappa shape index (κ1) is 8.06. The van der Waals surface area contributed by atoms with Gasteiger partial charge in [-0.3, -0.25) is 0 Å². The van der Waals surface area contributed by atoms with Crippen LogP contribution in [0.4, 0.5) is 0 Å². The lowest BCUT2D eigenvalue weighted by Gasteiger charge is -2.47. The quantitative estimate of drug-likeness (QED) is 0.471. The van der Waals surface area contributed by atoms with Crippen LogP contribution in [0.1, 0.15) is 40.0 Å². The maximum Gasteiger partial charge on any atom is 0.0113 e. The number of hydrogen-bond donors (Lipinski definition) is 0. The minimum atomic E-state index is 0.264. The van der Waals surface area contributed by atoms with E-state index in [1.807, 2.05) is 0 Å². The van der Waals surface area contributed by atoms with Crippen LogP contribution in [0.3, 0.4) is 0 Å². The maximum atomic E-state index is 5.56. The van der Waals surface area contributed by atoms with Crippen molar-refractivity contribution in [3.05, 3.63) is 6.10 Å². The number of ether oxygens (including phenoxy) is 1. The maximum absolute atomic E-state index is 5.56. The normalized spacial score (nSPS) is 23.1. The van der Waals surface area contributed by atoms with Crippen LogP contribution < -0.4 is 0 Å². The van der Waals surface area contributed by atoms with Crippen LogP contribution in [0.2, 0.25) is 0 Å². The highest BCUT2D eigenvalue weighted by molar-refractivity contribution is 4.93. The summed E-state index contributed by atoms with van der Waals surface area (Å²) >= 11 is 0. The van der Waals surface area contributed by atoms with Crippen molar-refractivity contribution in [3.8, 4) is 0 Å². The number of rotatable bonds is 0. The molecule has 0 aromatic carbocycles. The predicted molar refractivity (Wildman–Crippen MR) is 42.5 cm³/mol. The fourth-order valence-electron chi connectivity index (χ4n) is 1.25. The van der Waals surface area contributed by atoms with Crippen molar-refractivity contribution in [1.82, 2.24) is 0 Å². The second-order valence-corrected chi connectivity index (χ2v) is 3.98. The molecule has 0 atom stereocenters. The predicted octanol–water partition coefficient (Wildman–Crippen LogP) is 2.76. The molecule has 1 rings (SSSR count). The Bertz CT molecular complexity index is 95.8. The molecule has 0 spiro atoms. The summed E-state index contributed by atoms with van der Waals surface area (Å²) in [6.07, 6.45) is 5.01. The van der Waals surface area contributed by atoms with Crippen LogP contribution in [0, 0.1) is 11.5 Å². The zero-order valence-electron chi connectivity index (χ0n) is 7.24. The average Bonchev–Trinajstić information content (AvgIpc) is 1.88. The molecule has 0 aliphatic carbocycles. The monoisotopic (exact) mass is 141 g/mol. The zero-order chi connectivity index (χ0) is 7.61. The van der Waals surface area contributed by atoms with Crippen LogP contribution in [0.25, 0.3) is 0 Å². The van der Waals surface area contributed by atoms with Gasteiger partial charge in [-0.05, 0) is 6.42 Å². The molecule has 1 fully saturated rings. The molecule has 0 saturated carbocycles. The topological polar surface area (TPSA) is 9.23 Å². The van der Waals surface area contributed by atoms with E-state index in [2.05, 4.69) is 20.8 Å². The molecular formula is C9H17O-. The van der Waals surface area contributed by atoms with E-state index in [-0.39, 0.29) is 5.41 Å². The molecule has 1 aliphatic heterocycles. The molecule has 0 aromatic rings. The van der Waals surface area contributed by atoms with E-state index in [9.17, 15) is 0 Å². The van der Waals surface area contributed by atoms with E-state index in [0.717, 1.165) is 6.61 Å². The van der Waals surface area contributed by atoms with Crippen LogP contribution in [0.15, 0.2) is 0 Å². The third kappa shape index (κ3) is 1.98. The van der Waals surface area contributed by atoms with Gasteiger partial charge in [-0.15, -0.1) is 5.41 Å². The minimum Gasteiger partial charge on any atom is -0.548 e. The summed E-state index contributed by atoms with van der Waals surface area (Å²) in [4.78, 5) is 0. The van der Waals surface area contributed by atoms with Crippen molar-refractivity contribution in [1.29, 1.82) is 0 Å². The Balaban J connectivity index is 2.39. The summed E-state index contributed by atoms with van der Waals surface area (Å²) in [6.45, 7) is 7.58. The molecule has 0 radical (unpaired) electrons. The lowest BCUT2D eigenvalue weighted by molar-refractivity contribution is 0.0403. The molecule has 1 nitrogen and oxygen atoms in total. The van der Waals surface area contributed by atoms with Gasteiger partial charge in [0.1, 0.15) is 0 Å². The molecule has 1 heterocycles. The van der Waals surface area contributed by atoms with E-state index in [4.69, 9.17) is 4.74 Å². The molecule has 0 amide bonds. The third-order valence-corrected chi connectivity index (χ3v) is 1.91. The van der Waals surface area contributed by atoms with Gasteiger partial charge in [0.15, 0.2) is 0 Å². The molecular weight excluding hydrogens is 124 g/mol. The molecule has 1 heteroatoms. The molecule has 0 N–H and O–H groups in total. The molecule has 0 unspecified atom stereocenters. The van der Waals surface area contributed by atoms with Crippen molar-refractivity contribution in [2.24, 2.45) is 5.41 Å². The fourth-order valence-corrected chi connectivity index (χ4v) is 1.25. The Labute approximate surface area is 63.8 Å². The molecule has 0 aromatic heterocycles. The third-order valence-electron chi connectivity index (χ3n) is 1.91. The van der Waals surface area contributed by atoms with Gasteiger partial charge in [-0.2, -0.15) is 12.5 Å². The first-order valence-electron chi connectivity index (χ1n) is 4.10. The lowest BCUT2D eigenvalue weighted by Crippen LogP contribution is -2.24. The van der Waals surface area contributed by atoms with Gasteiger partial charge in [0, 0.05) is 6.61 Å². The molecule has 0 bridgehead atoms. The van der Waals surface area contributed by atoms with Gasteiger partial charge < -0.3 is 4.74 Å². The second-order valence-electron chi connectivity index (χ2n) is 3.98. The second kappa shape index (κ2) is 2.91. The summed E-state index contributed by atoms with van der Waals surface area (Å²) in [5.41, 5.74) is 0.264. The molecule has 60 valence electrons. The SMILES string of the molecule is CC(C)(C)[C-]1CCCCO1. The average molecular weight is 141 g/mol. The first-order chi connectivity index (χ1) is 4.61. The highest BCUT2D eigenvalue weighted by Crippen LogP contribution is 2.35. The summed E-state index contributed by atoms with van der Waals surface area (Å²) in [6, 6.07) is 0. The fraction of sp³-hybridized carbons (Fsp3) is 0.889. The van der Waals surface area contributed by atoms with Crippen molar-refractivity contribution in [2.75, 3.05) is 6.61 Å². The summed E-state index contributed by atoms with van der Waals surface area (Å²) in [7, 11) is 0. The Kier molecular flexibility index (Phi) is 2.35. The standard InChI is InChI=1S/C9H17O/c1-9(2,3)8-6-4-5-7-10-8/h4-7H2,1-3H3/q-1. The Hall–Kier alpha value is -0.0400. The van der Waals surface area contributed by atoms with Gasteiger partial charge in [0.25, 0.3) is 0 Å². The smallest absolute Gasteiger partial charge is 0.0113 e. The molecule has 1 saturated heterocycles. The number of hydrogen-bond acceptors (Lipinski definition) is 1. The summed E-state index contributed by atoms with van der Waals surface area (Å²) < 4.78 is 5.56. The van der Waals surface area contributed by atoms with Crippen LogP contribution >= 0.6 is 0 Å². The van der Waals surface area contributed by atoms with Gasteiger partial charge in [0.2, 0.25) is 0 Å². The minimum absolute atomic E-state index is 0.264. The van der Waals surface area contributed by atoms with Crippen molar-refractivity contribution in [2.45, 2.75) is 40.0 Å². The first-order valence-corrected chi connectivity index (χ1v) is 4.10. The van der Waals surface area contributed by atoms with Crippen molar-refractivity contribution >= 4 is 0 Å². The molecule has 10 heavy (non-hydrogen) atoms. The zero-order valence-corrected chi connectivity index (χ0v) is 7.24. The van der Waals surface area contributed by atoms with Gasteiger partial charge in [0.05, 0.1) is 0 Å². The highest BCUT2D eigenvalue weighted by atomic mass is 16.5. The van der Waals surface area contributed by atoms with Gasteiger partial charge in [-0.25, -0.2) is 0 Å². The molecule has 1 aliphatic rings. The van der Waals surface area contributed by atoms with E-state index in [1.165, 1.54) is 25.4 Å². The lowest BCUT2D eigenvalue weighted by atomic mass is 9.85. The van der Waals surface area contributed by atoms with Crippen molar-refractivity contribution < 1.29 is 4.74 Å². The van der Waals surface area contributed by atoms with Crippen LogP contribution in [-0.4, -0.2) is 6.61 Å². The largest absolute Gasteiger partial charge is 0.548 e. The highest BCUT2D eigenvalue weighted by Gasteiger charge is 2.13. The summed E-state index contributed by atoms with van der Waals surface area (Å²) in [5.74, 6) is 0. The summed E-state index contributed by atoms with van der Waals surface area (Å²) in [5, 5.41) is 0. The Morgan fingerprint density at radius 1 is 1.20 bits per heavy atom. The van der Waals surface area contributed by atoms with E-state index in [1.54, 1.807) is 0 Å². The van der Waals surface area contributed by atoms with E-state index in [0.29, 0.717) is 0 Å². The van der Waals surface area contributed by atoms with E-state index >= 15 is 0 Å². The van der Waals surface area contributed by atoms with Crippen molar-refractivity contribution in [3.63, 3.8) is 0 Å². The van der Waals surface area contributed by atoms with E-state index < -0.39 is 0 Å². The van der Waals surface area contributed by atoms with Crippen LogP contribution in [0.5, 0.6) is 0 Å². The van der Waals surface area contributed by atoms with Gasteiger partial charge in [-0.1, -0.05) is 27.2 Å². The van der Waals surface area contributed by atoms with Gasteiger partial charge >= 0.3 is 0 Å². The Morgan fingerprint density at radius 2 is 1.90 bits per heavy atom. The van der Waals surface area contributed by atoms with Crippen LogP contribution in [-0.2, 0) is 4.74 Å². The Morgan fingerprint density at radius 3 is 2.20 bits per heavy atom.